The highest BCUT2D eigenvalue weighted by atomic mass is 19.1. The first-order valence-electron chi connectivity index (χ1n) is 6.70. The molecular weight excluding hydrogens is 269 g/mol. The molecule has 108 valence electrons. The van der Waals surface area contributed by atoms with Crippen molar-refractivity contribution < 1.29 is 9.13 Å². The van der Waals surface area contributed by atoms with Crippen LogP contribution in [0.15, 0.2) is 42.6 Å². The summed E-state index contributed by atoms with van der Waals surface area (Å²) in [5, 5.41) is 11.2. The van der Waals surface area contributed by atoms with Gasteiger partial charge in [-0.1, -0.05) is 6.07 Å². The van der Waals surface area contributed by atoms with E-state index in [0.29, 0.717) is 11.3 Å². The number of hydrogen-bond acceptors (Lipinski definition) is 3. The zero-order chi connectivity index (χ0) is 14.8. The third-order valence-electron chi connectivity index (χ3n) is 3.50. The second-order valence-corrected chi connectivity index (χ2v) is 4.93. The quantitative estimate of drug-likeness (QED) is 0.764. The van der Waals surface area contributed by atoms with E-state index in [1.807, 2.05) is 25.1 Å². The molecule has 0 aliphatic carbocycles. The molecule has 3 aromatic rings. The van der Waals surface area contributed by atoms with Gasteiger partial charge in [0.1, 0.15) is 11.6 Å². The molecule has 0 aliphatic rings. The monoisotopic (exact) mass is 285 g/mol. The topological polar surface area (TPSA) is 49.9 Å². The summed E-state index contributed by atoms with van der Waals surface area (Å²) in [7, 11) is 1.52. The lowest BCUT2D eigenvalue weighted by molar-refractivity contribution is 0.410. The van der Waals surface area contributed by atoms with Gasteiger partial charge >= 0.3 is 0 Å². The fourth-order valence-corrected chi connectivity index (χ4v) is 2.34. The van der Waals surface area contributed by atoms with Gasteiger partial charge in [0.2, 0.25) is 0 Å². The molecule has 0 spiro atoms. The van der Waals surface area contributed by atoms with Crippen molar-refractivity contribution in [2.75, 3.05) is 12.4 Å². The molecule has 0 aliphatic heterocycles. The fourth-order valence-electron chi connectivity index (χ4n) is 2.34. The van der Waals surface area contributed by atoms with Crippen LogP contribution in [0.2, 0.25) is 0 Å². The van der Waals surface area contributed by atoms with E-state index in [4.69, 9.17) is 4.74 Å². The largest absolute Gasteiger partial charge is 0.497 e. The Morgan fingerprint density at radius 1 is 1.24 bits per heavy atom. The summed E-state index contributed by atoms with van der Waals surface area (Å²) >= 11 is 0. The molecule has 2 aromatic carbocycles. The van der Waals surface area contributed by atoms with Gasteiger partial charge in [0, 0.05) is 22.7 Å². The summed E-state index contributed by atoms with van der Waals surface area (Å²) < 4.78 is 19.1. The second kappa shape index (κ2) is 5.44. The molecule has 4 nitrogen and oxygen atoms in total. The Kier molecular flexibility index (Phi) is 3.48. The smallest absolute Gasteiger partial charge is 0.132 e. The molecule has 0 fully saturated rings. The Bertz CT molecular complexity index is 769. The number of anilines is 1. The first kappa shape index (κ1) is 13.4. The number of nitrogens with one attached hydrogen (secondary N) is 2. The van der Waals surface area contributed by atoms with Crippen molar-refractivity contribution >= 4 is 16.6 Å². The number of nitrogens with zero attached hydrogens (tertiary/aromatic N) is 1. The zero-order valence-corrected chi connectivity index (χ0v) is 11.9. The van der Waals surface area contributed by atoms with Crippen molar-refractivity contribution in [3.63, 3.8) is 0 Å². The van der Waals surface area contributed by atoms with Gasteiger partial charge in [-0.05, 0) is 31.2 Å². The van der Waals surface area contributed by atoms with E-state index in [0.717, 1.165) is 16.6 Å². The number of hydrogen-bond donors (Lipinski definition) is 2. The second-order valence-electron chi connectivity index (χ2n) is 4.93. The van der Waals surface area contributed by atoms with E-state index in [2.05, 4.69) is 15.5 Å². The summed E-state index contributed by atoms with van der Waals surface area (Å²) in [6.45, 7) is 1.92. The van der Waals surface area contributed by atoms with E-state index in [1.54, 1.807) is 18.3 Å². The zero-order valence-electron chi connectivity index (χ0n) is 11.9. The van der Waals surface area contributed by atoms with Crippen LogP contribution in [0, 0.1) is 5.82 Å². The summed E-state index contributed by atoms with van der Waals surface area (Å²) in [5.41, 5.74) is 2.46. The number of benzene rings is 2. The first-order chi connectivity index (χ1) is 10.2. The predicted octanol–water partition coefficient (Wildman–Crippen LogP) is 3.88. The van der Waals surface area contributed by atoms with Crippen molar-refractivity contribution in [3.8, 4) is 5.75 Å². The average Bonchev–Trinajstić information content (AvgIpc) is 2.94. The SMILES string of the molecule is COc1ccc(C(C)Nc2ccc3cn[nH]c3c2)c(F)c1. The van der Waals surface area contributed by atoms with E-state index >= 15 is 0 Å². The standard InChI is InChI=1S/C16H16FN3O/c1-10(14-6-5-13(21-2)8-15(14)17)19-12-4-3-11-9-18-20-16(11)7-12/h3-10,19H,1-2H3,(H,18,20). The van der Waals surface area contributed by atoms with Crippen LogP contribution in [0.1, 0.15) is 18.5 Å². The minimum Gasteiger partial charge on any atom is -0.497 e. The van der Waals surface area contributed by atoms with Crippen LogP contribution in [0.4, 0.5) is 10.1 Å². The van der Waals surface area contributed by atoms with Gasteiger partial charge < -0.3 is 10.1 Å². The maximum atomic E-state index is 14.1. The molecule has 0 amide bonds. The minimum atomic E-state index is -0.281. The molecule has 1 atom stereocenters. The van der Waals surface area contributed by atoms with Crippen LogP contribution in [-0.2, 0) is 0 Å². The van der Waals surface area contributed by atoms with E-state index < -0.39 is 0 Å². The van der Waals surface area contributed by atoms with Crippen LogP contribution in [0.3, 0.4) is 0 Å². The molecule has 1 heterocycles. The highest BCUT2D eigenvalue weighted by Crippen LogP contribution is 2.26. The van der Waals surface area contributed by atoms with Gasteiger partial charge in [-0.25, -0.2) is 4.39 Å². The maximum Gasteiger partial charge on any atom is 0.132 e. The fraction of sp³-hybridized carbons (Fsp3) is 0.188. The van der Waals surface area contributed by atoms with Crippen LogP contribution < -0.4 is 10.1 Å². The lowest BCUT2D eigenvalue weighted by atomic mass is 10.1. The van der Waals surface area contributed by atoms with Gasteiger partial charge in [0.25, 0.3) is 0 Å². The Balaban J connectivity index is 1.83. The van der Waals surface area contributed by atoms with Crippen molar-refractivity contribution in [1.82, 2.24) is 10.2 Å². The molecule has 1 aromatic heterocycles. The van der Waals surface area contributed by atoms with Crippen LogP contribution in [0.25, 0.3) is 10.9 Å². The summed E-state index contributed by atoms with van der Waals surface area (Å²) in [5.74, 6) is 0.235. The lowest BCUT2D eigenvalue weighted by Crippen LogP contribution is -2.08. The third-order valence-corrected chi connectivity index (χ3v) is 3.50. The van der Waals surface area contributed by atoms with Crippen molar-refractivity contribution in [2.45, 2.75) is 13.0 Å². The Morgan fingerprint density at radius 3 is 2.86 bits per heavy atom. The van der Waals surface area contributed by atoms with E-state index in [1.165, 1.54) is 13.2 Å². The van der Waals surface area contributed by atoms with Crippen molar-refractivity contribution in [1.29, 1.82) is 0 Å². The molecule has 0 radical (unpaired) electrons. The van der Waals surface area contributed by atoms with Gasteiger partial charge in [-0.15, -0.1) is 0 Å². The molecular formula is C16H16FN3O. The van der Waals surface area contributed by atoms with Gasteiger partial charge in [0.05, 0.1) is 24.9 Å². The highest BCUT2D eigenvalue weighted by molar-refractivity contribution is 5.81. The highest BCUT2D eigenvalue weighted by Gasteiger charge is 2.12. The van der Waals surface area contributed by atoms with E-state index in [9.17, 15) is 4.39 Å². The number of fused-ring (bicyclic) bond motifs is 1. The van der Waals surface area contributed by atoms with Crippen LogP contribution in [-0.4, -0.2) is 17.3 Å². The van der Waals surface area contributed by atoms with Gasteiger partial charge in [0.15, 0.2) is 0 Å². The molecule has 5 heteroatoms. The number of ether oxygens (including phenoxy) is 1. The lowest BCUT2D eigenvalue weighted by Gasteiger charge is -2.17. The molecule has 0 saturated carbocycles. The molecule has 0 saturated heterocycles. The number of halogens is 1. The van der Waals surface area contributed by atoms with Gasteiger partial charge in [-0.3, -0.25) is 5.10 Å². The summed E-state index contributed by atoms with van der Waals surface area (Å²) in [6.07, 6.45) is 1.77. The Hall–Kier alpha value is -2.56. The normalized spacial score (nSPS) is 12.3. The minimum absolute atomic E-state index is 0.156. The Labute approximate surface area is 121 Å². The average molecular weight is 285 g/mol. The molecule has 1 unspecified atom stereocenters. The molecule has 0 bridgehead atoms. The van der Waals surface area contributed by atoms with Crippen molar-refractivity contribution in [3.05, 3.63) is 54.0 Å². The van der Waals surface area contributed by atoms with Crippen molar-refractivity contribution in [2.24, 2.45) is 0 Å². The van der Waals surface area contributed by atoms with Crippen LogP contribution >= 0.6 is 0 Å². The summed E-state index contributed by atoms with van der Waals surface area (Å²) in [6, 6.07) is 10.6. The number of H-pyrrole nitrogens is 1. The number of methoxy groups -OCH3 is 1. The number of rotatable bonds is 4. The van der Waals surface area contributed by atoms with E-state index in [-0.39, 0.29) is 11.9 Å². The third kappa shape index (κ3) is 2.67. The number of aromatic nitrogens is 2. The molecule has 2 N–H and O–H groups in total. The Morgan fingerprint density at radius 2 is 2.10 bits per heavy atom. The maximum absolute atomic E-state index is 14.1. The summed E-state index contributed by atoms with van der Waals surface area (Å²) in [4.78, 5) is 0. The molecule has 21 heavy (non-hydrogen) atoms. The van der Waals surface area contributed by atoms with Crippen LogP contribution in [0.5, 0.6) is 5.75 Å². The first-order valence-corrected chi connectivity index (χ1v) is 6.70. The van der Waals surface area contributed by atoms with Gasteiger partial charge in [-0.2, -0.15) is 5.10 Å². The predicted molar refractivity (Wildman–Crippen MR) is 81.1 cm³/mol. The molecule has 3 rings (SSSR count). The number of aromatic amines is 1.